The van der Waals surface area contributed by atoms with Gasteiger partial charge in [-0.3, -0.25) is 4.68 Å². The van der Waals surface area contributed by atoms with Crippen LogP contribution in [0.1, 0.15) is 12.6 Å². The molecule has 2 rings (SSSR count). The van der Waals surface area contributed by atoms with Crippen molar-refractivity contribution in [1.82, 2.24) is 20.3 Å². The van der Waals surface area contributed by atoms with E-state index in [9.17, 15) is 0 Å². The first-order valence-electron chi connectivity index (χ1n) is 5.46. The van der Waals surface area contributed by atoms with E-state index in [2.05, 4.69) is 22.6 Å². The van der Waals surface area contributed by atoms with Crippen molar-refractivity contribution in [3.05, 3.63) is 11.9 Å². The Morgan fingerprint density at radius 1 is 1.60 bits per heavy atom. The van der Waals surface area contributed by atoms with Gasteiger partial charge in [-0.05, 0) is 24.6 Å². The van der Waals surface area contributed by atoms with Crippen LogP contribution in [0.25, 0.3) is 0 Å². The van der Waals surface area contributed by atoms with Crippen LogP contribution in [-0.4, -0.2) is 39.1 Å². The molecule has 5 heteroatoms. The second-order valence-electron chi connectivity index (χ2n) is 4.05. The summed E-state index contributed by atoms with van der Waals surface area (Å²) < 4.78 is 1.78. The van der Waals surface area contributed by atoms with Gasteiger partial charge in [0.15, 0.2) is 0 Å². The third-order valence-corrected chi connectivity index (χ3v) is 4.04. The molecule has 0 aromatic carbocycles. The van der Waals surface area contributed by atoms with Gasteiger partial charge in [0.1, 0.15) is 0 Å². The molecule has 1 aromatic rings. The standard InChI is InChI=1S/C10H18N4S/c1-3-11-10-7-15-6-8(10)4-9-5-14(2)13-12-9/h5,8,10-11H,3-4,6-7H2,1-2H3. The monoisotopic (exact) mass is 226 g/mol. The number of hydrogen-bond acceptors (Lipinski definition) is 4. The highest BCUT2D eigenvalue weighted by Gasteiger charge is 2.27. The minimum atomic E-state index is 0.655. The number of hydrogen-bond donors (Lipinski definition) is 1. The van der Waals surface area contributed by atoms with Crippen LogP contribution in [0.4, 0.5) is 0 Å². The topological polar surface area (TPSA) is 42.7 Å². The molecule has 0 saturated carbocycles. The zero-order valence-corrected chi connectivity index (χ0v) is 10.1. The summed E-state index contributed by atoms with van der Waals surface area (Å²) in [6.07, 6.45) is 3.07. The average Bonchev–Trinajstić information content (AvgIpc) is 2.78. The maximum Gasteiger partial charge on any atom is 0.0830 e. The molecule has 2 heterocycles. The van der Waals surface area contributed by atoms with Crippen LogP contribution in [0.5, 0.6) is 0 Å². The van der Waals surface area contributed by atoms with Gasteiger partial charge in [-0.1, -0.05) is 12.1 Å². The van der Waals surface area contributed by atoms with Crippen molar-refractivity contribution in [1.29, 1.82) is 0 Å². The van der Waals surface area contributed by atoms with Crippen LogP contribution in [0.2, 0.25) is 0 Å². The van der Waals surface area contributed by atoms with Gasteiger partial charge in [0, 0.05) is 25.0 Å². The zero-order chi connectivity index (χ0) is 10.7. The van der Waals surface area contributed by atoms with E-state index in [0.717, 1.165) is 18.7 Å². The smallest absolute Gasteiger partial charge is 0.0830 e. The highest BCUT2D eigenvalue weighted by molar-refractivity contribution is 7.99. The molecule has 0 spiro atoms. The van der Waals surface area contributed by atoms with Crippen molar-refractivity contribution in [2.45, 2.75) is 19.4 Å². The lowest BCUT2D eigenvalue weighted by Gasteiger charge is -2.17. The van der Waals surface area contributed by atoms with Gasteiger partial charge < -0.3 is 5.32 Å². The van der Waals surface area contributed by atoms with E-state index < -0.39 is 0 Å². The first-order valence-corrected chi connectivity index (χ1v) is 6.61. The summed E-state index contributed by atoms with van der Waals surface area (Å²) in [5.74, 6) is 3.19. The lowest BCUT2D eigenvalue weighted by atomic mass is 9.98. The zero-order valence-electron chi connectivity index (χ0n) is 9.31. The summed E-state index contributed by atoms with van der Waals surface area (Å²) in [6, 6.07) is 0.655. The molecule has 0 radical (unpaired) electrons. The van der Waals surface area contributed by atoms with Crippen LogP contribution < -0.4 is 5.32 Å². The minimum absolute atomic E-state index is 0.655. The maximum absolute atomic E-state index is 4.15. The van der Waals surface area contributed by atoms with E-state index in [0.29, 0.717) is 12.0 Å². The molecule has 0 bridgehead atoms. The van der Waals surface area contributed by atoms with E-state index in [1.54, 1.807) is 4.68 Å². The fourth-order valence-electron chi connectivity index (χ4n) is 2.05. The summed E-state index contributed by atoms with van der Waals surface area (Å²) >= 11 is 2.04. The van der Waals surface area contributed by atoms with Gasteiger partial charge in [0.2, 0.25) is 0 Å². The van der Waals surface area contributed by atoms with Gasteiger partial charge in [-0.15, -0.1) is 5.10 Å². The van der Waals surface area contributed by atoms with Crippen LogP contribution in [-0.2, 0) is 13.5 Å². The summed E-state index contributed by atoms with van der Waals surface area (Å²) in [6.45, 7) is 3.23. The number of aryl methyl sites for hydroxylation is 1. The fourth-order valence-corrected chi connectivity index (χ4v) is 3.48. The van der Waals surface area contributed by atoms with E-state index in [1.807, 2.05) is 25.0 Å². The number of thioether (sulfide) groups is 1. The van der Waals surface area contributed by atoms with Gasteiger partial charge in [0.05, 0.1) is 5.69 Å². The molecule has 1 fully saturated rings. The Morgan fingerprint density at radius 2 is 2.47 bits per heavy atom. The van der Waals surface area contributed by atoms with E-state index in [-0.39, 0.29) is 0 Å². The Bertz CT molecular complexity index is 312. The Hall–Kier alpha value is -0.550. The number of rotatable bonds is 4. The molecule has 1 N–H and O–H groups in total. The quantitative estimate of drug-likeness (QED) is 0.820. The van der Waals surface area contributed by atoms with Crippen LogP contribution >= 0.6 is 11.8 Å². The van der Waals surface area contributed by atoms with Crippen molar-refractivity contribution in [2.75, 3.05) is 18.1 Å². The van der Waals surface area contributed by atoms with Gasteiger partial charge in [-0.2, -0.15) is 11.8 Å². The first kappa shape index (κ1) is 11.0. The highest BCUT2D eigenvalue weighted by Crippen LogP contribution is 2.26. The van der Waals surface area contributed by atoms with E-state index in [1.165, 1.54) is 11.5 Å². The molecule has 2 atom stereocenters. The SMILES string of the molecule is CCNC1CSCC1Cc1cn(C)nn1. The molecular weight excluding hydrogens is 208 g/mol. The lowest BCUT2D eigenvalue weighted by molar-refractivity contribution is 0.430. The number of nitrogens with zero attached hydrogens (tertiary/aromatic N) is 3. The number of nitrogens with one attached hydrogen (secondary N) is 1. The van der Waals surface area contributed by atoms with Gasteiger partial charge in [0.25, 0.3) is 0 Å². The molecule has 0 aliphatic carbocycles. The molecule has 4 nitrogen and oxygen atoms in total. The maximum atomic E-state index is 4.15. The Morgan fingerprint density at radius 3 is 3.13 bits per heavy atom. The Balaban J connectivity index is 1.93. The second-order valence-corrected chi connectivity index (χ2v) is 5.12. The van der Waals surface area contributed by atoms with Gasteiger partial charge >= 0.3 is 0 Å². The van der Waals surface area contributed by atoms with Crippen molar-refractivity contribution >= 4 is 11.8 Å². The average molecular weight is 226 g/mol. The third-order valence-electron chi connectivity index (χ3n) is 2.79. The van der Waals surface area contributed by atoms with Gasteiger partial charge in [-0.25, -0.2) is 0 Å². The molecule has 2 unspecified atom stereocenters. The molecule has 15 heavy (non-hydrogen) atoms. The molecule has 0 amide bonds. The largest absolute Gasteiger partial charge is 0.313 e. The molecule has 1 aromatic heterocycles. The fraction of sp³-hybridized carbons (Fsp3) is 0.800. The van der Waals surface area contributed by atoms with Crippen molar-refractivity contribution in [2.24, 2.45) is 13.0 Å². The minimum Gasteiger partial charge on any atom is -0.313 e. The van der Waals surface area contributed by atoms with Crippen LogP contribution in [0, 0.1) is 5.92 Å². The predicted octanol–water partition coefficient (Wildman–Crippen LogP) is 0.699. The molecule has 1 aliphatic rings. The van der Waals surface area contributed by atoms with Crippen molar-refractivity contribution in [3.8, 4) is 0 Å². The summed E-state index contributed by atoms with van der Waals surface area (Å²) in [4.78, 5) is 0. The highest BCUT2D eigenvalue weighted by atomic mass is 32.2. The molecule has 1 saturated heterocycles. The third kappa shape index (κ3) is 2.72. The second kappa shape index (κ2) is 4.99. The van der Waals surface area contributed by atoms with Crippen molar-refractivity contribution < 1.29 is 0 Å². The van der Waals surface area contributed by atoms with Crippen LogP contribution in [0.3, 0.4) is 0 Å². The molecule has 1 aliphatic heterocycles. The normalized spacial score (nSPS) is 26.0. The predicted molar refractivity (Wildman–Crippen MR) is 63.0 cm³/mol. The summed E-state index contributed by atoms with van der Waals surface area (Å²) in [5, 5.41) is 11.7. The Kier molecular flexibility index (Phi) is 3.64. The molecule has 84 valence electrons. The molecular formula is C10H18N4S. The van der Waals surface area contributed by atoms with E-state index >= 15 is 0 Å². The summed E-state index contributed by atoms with van der Waals surface area (Å²) in [7, 11) is 1.92. The first-order chi connectivity index (χ1) is 7.29. The lowest BCUT2D eigenvalue weighted by Crippen LogP contribution is -2.36. The van der Waals surface area contributed by atoms with E-state index in [4.69, 9.17) is 0 Å². The van der Waals surface area contributed by atoms with Crippen LogP contribution in [0.15, 0.2) is 6.20 Å². The Labute approximate surface area is 94.8 Å². The summed E-state index contributed by atoms with van der Waals surface area (Å²) in [5.41, 5.74) is 1.12. The number of aromatic nitrogens is 3. The van der Waals surface area contributed by atoms with Crippen molar-refractivity contribution in [3.63, 3.8) is 0 Å².